The lowest BCUT2D eigenvalue weighted by atomic mass is 10.2. The number of hydrogen-bond donors (Lipinski definition) is 0. The van der Waals surface area contributed by atoms with E-state index in [1.165, 1.54) is 9.13 Å². The lowest BCUT2D eigenvalue weighted by molar-refractivity contribution is 0.621. The highest BCUT2D eigenvalue weighted by atomic mass is 19.1. The van der Waals surface area contributed by atoms with Crippen LogP contribution in [-0.2, 0) is 14.1 Å². The van der Waals surface area contributed by atoms with Gasteiger partial charge in [0.05, 0.1) is 5.52 Å². The molecule has 0 radical (unpaired) electrons. The van der Waals surface area contributed by atoms with Crippen LogP contribution in [0.4, 0.5) is 4.39 Å². The van der Waals surface area contributed by atoms with E-state index in [0.717, 1.165) is 0 Å². The van der Waals surface area contributed by atoms with E-state index in [4.69, 9.17) is 0 Å². The molecule has 3 nitrogen and oxygen atoms in total. The number of hydrogen-bond acceptors (Lipinski definition) is 1. The van der Waals surface area contributed by atoms with Crippen molar-refractivity contribution in [3.05, 3.63) is 34.0 Å². The molecule has 2 aromatic rings. The summed E-state index contributed by atoms with van der Waals surface area (Å²) < 4.78 is 16.5. The second kappa shape index (κ2) is 2.70. The Labute approximate surface area is 80.4 Å². The summed E-state index contributed by atoms with van der Waals surface area (Å²) in [5.74, 6) is -0.317. The van der Waals surface area contributed by atoms with Crippen LogP contribution in [0.25, 0.3) is 11.0 Å². The summed E-state index contributed by atoms with van der Waals surface area (Å²) in [6, 6.07) is 3.44. The van der Waals surface area contributed by atoms with Gasteiger partial charge in [0.25, 0.3) is 0 Å². The van der Waals surface area contributed by atoms with Gasteiger partial charge < -0.3 is 0 Å². The van der Waals surface area contributed by atoms with Crippen LogP contribution >= 0.6 is 0 Å². The molecule has 1 heterocycles. The van der Waals surface area contributed by atoms with Crippen LogP contribution in [0.15, 0.2) is 16.9 Å². The summed E-state index contributed by atoms with van der Waals surface area (Å²) in [4.78, 5) is 11.5. The molecule has 14 heavy (non-hydrogen) atoms. The van der Waals surface area contributed by atoms with Gasteiger partial charge in [-0.1, -0.05) is 6.07 Å². The van der Waals surface area contributed by atoms with E-state index in [0.29, 0.717) is 16.6 Å². The Kier molecular flexibility index (Phi) is 1.74. The zero-order valence-corrected chi connectivity index (χ0v) is 8.34. The van der Waals surface area contributed by atoms with E-state index in [9.17, 15) is 9.18 Å². The van der Waals surface area contributed by atoms with Gasteiger partial charge in [-0.05, 0) is 18.6 Å². The Morgan fingerprint density at radius 2 is 1.86 bits per heavy atom. The molecule has 0 N–H and O–H groups in total. The largest absolute Gasteiger partial charge is 0.328 e. The predicted molar refractivity (Wildman–Crippen MR) is 52.9 cm³/mol. The monoisotopic (exact) mass is 194 g/mol. The highest BCUT2D eigenvalue weighted by Gasteiger charge is 2.12. The first kappa shape index (κ1) is 8.99. The van der Waals surface area contributed by atoms with Crippen LogP contribution in [-0.4, -0.2) is 9.13 Å². The first-order valence-electron chi connectivity index (χ1n) is 4.34. The average Bonchev–Trinajstić information content (AvgIpc) is 2.38. The van der Waals surface area contributed by atoms with E-state index >= 15 is 0 Å². The minimum Gasteiger partial charge on any atom is -0.295 e. The Morgan fingerprint density at radius 3 is 2.50 bits per heavy atom. The SMILES string of the molecule is Cc1ccc2c(c1F)n(C)c(=O)n2C. The summed E-state index contributed by atoms with van der Waals surface area (Å²) in [6.45, 7) is 1.69. The molecule has 0 aliphatic rings. The van der Waals surface area contributed by atoms with Crippen molar-refractivity contribution >= 4 is 11.0 Å². The molecule has 0 saturated carbocycles. The number of nitrogens with zero attached hydrogens (tertiary/aromatic N) is 2. The first-order valence-corrected chi connectivity index (χ1v) is 4.34. The number of halogens is 1. The zero-order chi connectivity index (χ0) is 10.5. The van der Waals surface area contributed by atoms with Gasteiger partial charge in [0.2, 0.25) is 0 Å². The van der Waals surface area contributed by atoms with Gasteiger partial charge in [-0.15, -0.1) is 0 Å². The van der Waals surface area contributed by atoms with Gasteiger partial charge in [0.1, 0.15) is 5.52 Å². The molecule has 1 aromatic heterocycles. The number of fused-ring (bicyclic) bond motifs is 1. The lowest BCUT2D eigenvalue weighted by Gasteiger charge is -1.99. The molecule has 74 valence electrons. The van der Waals surface area contributed by atoms with E-state index in [1.54, 1.807) is 33.2 Å². The van der Waals surface area contributed by atoms with Crippen molar-refractivity contribution in [2.75, 3.05) is 0 Å². The fourth-order valence-corrected chi connectivity index (χ4v) is 1.67. The fourth-order valence-electron chi connectivity index (χ4n) is 1.67. The van der Waals surface area contributed by atoms with Gasteiger partial charge in [-0.3, -0.25) is 9.13 Å². The molecule has 0 atom stereocenters. The third kappa shape index (κ3) is 0.937. The minimum atomic E-state index is -0.317. The molecular formula is C10H11FN2O. The molecule has 0 aliphatic carbocycles. The smallest absolute Gasteiger partial charge is 0.295 e. The minimum absolute atomic E-state index is 0.204. The molecule has 0 aliphatic heterocycles. The third-order valence-electron chi connectivity index (χ3n) is 2.56. The predicted octanol–water partition coefficient (Wildman–Crippen LogP) is 1.32. The summed E-state index contributed by atoms with van der Waals surface area (Å²) in [5.41, 5.74) is 1.35. The second-order valence-corrected chi connectivity index (χ2v) is 3.46. The fraction of sp³-hybridized carbons (Fsp3) is 0.300. The van der Waals surface area contributed by atoms with Crippen molar-refractivity contribution in [3.63, 3.8) is 0 Å². The maximum Gasteiger partial charge on any atom is 0.328 e. The molecule has 0 amide bonds. The van der Waals surface area contributed by atoms with Crippen molar-refractivity contribution < 1.29 is 4.39 Å². The van der Waals surface area contributed by atoms with Gasteiger partial charge in [-0.25, -0.2) is 9.18 Å². The summed E-state index contributed by atoms with van der Waals surface area (Å²) in [7, 11) is 3.21. The van der Waals surface area contributed by atoms with Crippen LogP contribution in [0.2, 0.25) is 0 Å². The molecule has 0 fully saturated rings. The maximum atomic E-state index is 13.7. The van der Waals surface area contributed by atoms with E-state index in [-0.39, 0.29) is 11.5 Å². The number of rotatable bonds is 0. The number of aromatic nitrogens is 2. The van der Waals surface area contributed by atoms with Crippen molar-refractivity contribution in [3.8, 4) is 0 Å². The zero-order valence-electron chi connectivity index (χ0n) is 8.34. The number of aryl methyl sites for hydroxylation is 3. The molecule has 4 heteroatoms. The van der Waals surface area contributed by atoms with Gasteiger partial charge in [0.15, 0.2) is 5.82 Å². The topological polar surface area (TPSA) is 26.9 Å². The summed E-state index contributed by atoms with van der Waals surface area (Å²) >= 11 is 0. The maximum absolute atomic E-state index is 13.7. The molecule has 0 saturated heterocycles. The highest BCUT2D eigenvalue weighted by molar-refractivity contribution is 5.77. The van der Waals surface area contributed by atoms with Crippen LogP contribution in [0, 0.1) is 12.7 Å². The Hall–Kier alpha value is -1.58. The van der Waals surface area contributed by atoms with Crippen molar-refractivity contribution in [2.45, 2.75) is 6.92 Å². The Bertz CT molecular complexity index is 565. The Morgan fingerprint density at radius 1 is 1.21 bits per heavy atom. The average molecular weight is 194 g/mol. The molecule has 0 bridgehead atoms. The van der Waals surface area contributed by atoms with E-state index in [1.807, 2.05) is 0 Å². The van der Waals surface area contributed by atoms with Gasteiger partial charge in [0, 0.05) is 14.1 Å². The van der Waals surface area contributed by atoms with Crippen molar-refractivity contribution in [1.82, 2.24) is 9.13 Å². The number of imidazole rings is 1. The van der Waals surface area contributed by atoms with Crippen molar-refractivity contribution in [1.29, 1.82) is 0 Å². The third-order valence-corrected chi connectivity index (χ3v) is 2.56. The number of benzene rings is 1. The molecular weight excluding hydrogens is 183 g/mol. The normalized spacial score (nSPS) is 11.1. The Balaban J connectivity index is 3.11. The lowest BCUT2D eigenvalue weighted by Crippen LogP contribution is -2.19. The molecule has 1 aromatic carbocycles. The summed E-state index contributed by atoms with van der Waals surface area (Å²) in [5, 5.41) is 0. The van der Waals surface area contributed by atoms with Crippen LogP contribution in [0.3, 0.4) is 0 Å². The first-order chi connectivity index (χ1) is 6.54. The molecule has 0 unspecified atom stereocenters. The van der Waals surface area contributed by atoms with E-state index < -0.39 is 0 Å². The highest BCUT2D eigenvalue weighted by Crippen LogP contribution is 2.18. The second-order valence-electron chi connectivity index (χ2n) is 3.46. The van der Waals surface area contributed by atoms with Gasteiger partial charge >= 0.3 is 5.69 Å². The standard InChI is InChI=1S/C10H11FN2O/c1-6-4-5-7-9(8(6)11)13(3)10(14)12(7)2/h4-5H,1-3H3. The summed E-state index contributed by atoms with van der Waals surface area (Å²) in [6.07, 6.45) is 0. The quantitative estimate of drug-likeness (QED) is 0.621. The van der Waals surface area contributed by atoms with Crippen LogP contribution in [0.5, 0.6) is 0 Å². The van der Waals surface area contributed by atoms with Gasteiger partial charge in [-0.2, -0.15) is 0 Å². The van der Waals surface area contributed by atoms with Crippen LogP contribution in [0.1, 0.15) is 5.56 Å². The van der Waals surface area contributed by atoms with E-state index in [2.05, 4.69) is 0 Å². The van der Waals surface area contributed by atoms with Crippen LogP contribution < -0.4 is 5.69 Å². The van der Waals surface area contributed by atoms with Crippen molar-refractivity contribution in [2.24, 2.45) is 14.1 Å². The molecule has 0 spiro atoms. The molecule has 2 rings (SSSR count).